The Morgan fingerprint density at radius 1 is 1.16 bits per heavy atom. The van der Waals surface area contributed by atoms with Gasteiger partial charge in [0.1, 0.15) is 0 Å². The number of aromatic nitrogens is 4. The summed E-state index contributed by atoms with van der Waals surface area (Å²) in [6.45, 7) is 0.644. The molecule has 0 amide bonds. The van der Waals surface area contributed by atoms with Gasteiger partial charge in [0.05, 0.1) is 0 Å². The zero-order valence-electron chi connectivity index (χ0n) is 10.4. The number of rotatable bonds is 5. The van der Waals surface area contributed by atoms with E-state index in [0.29, 0.717) is 17.5 Å². The highest BCUT2D eigenvalue weighted by Crippen LogP contribution is 2.14. The first-order valence-corrected chi connectivity index (χ1v) is 6.64. The summed E-state index contributed by atoms with van der Waals surface area (Å²) in [6.07, 6.45) is 2.03. The SMILES string of the molecule is CN(C#N)CCSc1nnc(-c2ccccc2)nn1. The Balaban J connectivity index is 1.94. The first kappa shape index (κ1) is 13.2. The normalized spacial score (nSPS) is 9.89. The zero-order valence-corrected chi connectivity index (χ0v) is 11.2. The van der Waals surface area contributed by atoms with Gasteiger partial charge >= 0.3 is 0 Å². The van der Waals surface area contributed by atoms with Crippen LogP contribution >= 0.6 is 11.8 Å². The van der Waals surface area contributed by atoms with Crippen molar-refractivity contribution in [3.05, 3.63) is 30.3 Å². The van der Waals surface area contributed by atoms with E-state index in [1.807, 2.05) is 36.5 Å². The first-order valence-electron chi connectivity index (χ1n) is 5.66. The van der Waals surface area contributed by atoms with E-state index in [0.717, 1.165) is 11.3 Å². The summed E-state index contributed by atoms with van der Waals surface area (Å²) in [6, 6.07) is 9.58. The second-order valence-electron chi connectivity index (χ2n) is 3.74. The Labute approximate surface area is 115 Å². The van der Waals surface area contributed by atoms with Crippen molar-refractivity contribution in [1.82, 2.24) is 25.3 Å². The van der Waals surface area contributed by atoms with Crippen LogP contribution in [0.4, 0.5) is 0 Å². The molecule has 0 N–H and O–H groups in total. The Morgan fingerprint density at radius 3 is 2.47 bits per heavy atom. The van der Waals surface area contributed by atoms with Crippen molar-refractivity contribution in [2.45, 2.75) is 5.16 Å². The molecule has 1 aromatic carbocycles. The molecule has 0 atom stereocenters. The van der Waals surface area contributed by atoms with Gasteiger partial charge in [-0.1, -0.05) is 42.1 Å². The third-order valence-electron chi connectivity index (χ3n) is 2.32. The predicted octanol–water partition coefficient (Wildman–Crippen LogP) is 1.44. The Bertz CT molecular complexity index is 551. The lowest BCUT2D eigenvalue weighted by Gasteiger charge is -2.06. The Hall–Kier alpha value is -2.20. The summed E-state index contributed by atoms with van der Waals surface area (Å²) in [5, 5.41) is 25.2. The molecule has 19 heavy (non-hydrogen) atoms. The lowest BCUT2D eigenvalue weighted by molar-refractivity contribution is 0.507. The van der Waals surface area contributed by atoms with E-state index in [-0.39, 0.29) is 0 Å². The fourth-order valence-corrected chi connectivity index (χ4v) is 2.05. The van der Waals surface area contributed by atoms with Crippen molar-refractivity contribution in [1.29, 1.82) is 5.26 Å². The molecule has 7 heteroatoms. The van der Waals surface area contributed by atoms with Crippen LogP contribution in [0.15, 0.2) is 35.5 Å². The molecule has 0 radical (unpaired) electrons. The molecule has 0 saturated carbocycles. The van der Waals surface area contributed by atoms with Crippen LogP contribution in [0.5, 0.6) is 0 Å². The highest BCUT2D eigenvalue weighted by Gasteiger charge is 2.04. The molecule has 0 spiro atoms. The minimum atomic E-state index is 0.513. The summed E-state index contributed by atoms with van der Waals surface area (Å²) in [4.78, 5) is 1.55. The molecular weight excluding hydrogens is 260 g/mol. The van der Waals surface area contributed by atoms with Crippen LogP contribution in [0, 0.1) is 11.5 Å². The average Bonchev–Trinajstić information content (AvgIpc) is 2.48. The summed E-state index contributed by atoms with van der Waals surface area (Å²) in [5.74, 6) is 1.23. The number of nitrogens with zero attached hydrogens (tertiary/aromatic N) is 6. The molecule has 0 aliphatic carbocycles. The van der Waals surface area contributed by atoms with Crippen LogP contribution in [0.1, 0.15) is 0 Å². The molecule has 6 nitrogen and oxygen atoms in total. The van der Waals surface area contributed by atoms with Gasteiger partial charge in [0.2, 0.25) is 11.0 Å². The molecule has 0 aliphatic rings. The third-order valence-corrected chi connectivity index (χ3v) is 3.13. The van der Waals surface area contributed by atoms with Crippen molar-refractivity contribution in [3.63, 3.8) is 0 Å². The maximum Gasteiger partial charge on any atom is 0.230 e. The van der Waals surface area contributed by atoms with Crippen molar-refractivity contribution in [2.24, 2.45) is 0 Å². The summed E-state index contributed by atoms with van der Waals surface area (Å²) < 4.78 is 0. The van der Waals surface area contributed by atoms with Gasteiger partial charge in [-0.25, -0.2) is 0 Å². The van der Waals surface area contributed by atoms with Gasteiger partial charge in [0.15, 0.2) is 6.19 Å². The molecule has 1 heterocycles. The van der Waals surface area contributed by atoms with Gasteiger partial charge in [-0.2, -0.15) is 5.26 Å². The van der Waals surface area contributed by atoms with Crippen LogP contribution in [0.3, 0.4) is 0 Å². The summed E-state index contributed by atoms with van der Waals surface area (Å²) >= 11 is 1.43. The molecule has 0 bridgehead atoms. The smallest absolute Gasteiger partial charge is 0.230 e. The van der Waals surface area contributed by atoms with E-state index < -0.39 is 0 Å². The van der Waals surface area contributed by atoms with Gasteiger partial charge in [-0.15, -0.1) is 20.4 Å². The van der Waals surface area contributed by atoms with Crippen LogP contribution in [0.25, 0.3) is 11.4 Å². The van der Waals surface area contributed by atoms with Crippen LogP contribution in [-0.4, -0.2) is 44.6 Å². The highest BCUT2D eigenvalue weighted by molar-refractivity contribution is 7.99. The van der Waals surface area contributed by atoms with Gasteiger partial charge in [0, 0.05) is 24.9 Å². The van der Waals surface area contributed by atoms with Crippen LogP contribution < -0.4 is 0 Å². The van der Waals surface area contributed by atoms with Gasteiger partial charge < -0.3 is 4.90 Å². The fraction of sp³-hybridized carbons (Fsp3) is 0.250. The number of nitriles is 1. The molecule has 96 valence electrons. The zero-order chi connectivity index (χ0) is 13.5. The number of hydrogen-bond acceptors (Lipinski definition) is 7. The van der Waals surface area contributed by atoms with Gasteiger partial charge in [-0.3, -0.25) is 0 Å². The lowest BCUT2D eigenvalue weighted by atomic mass is 10.2. The molecule has 2 rings (SSSR count). The lowest BCUT2D eigenvalue weighted by Crippen LogP contribution is -2.14. The average molecular weight is 272 g/mol. The molecule has 0 unspecified atom stereocenters. The summed E-state index contributed by atoms with van der Waals surface area (Å²) in [5.41, 5.74) is 0.892. The van der Waals surface area contributed by atoms with Crippen molar-refractivity contribution in [3.8, 4) is 17.6 Å². The molecule has 1 aromatic heterocycles. The van der Waals surface area contributed by atoms with Crippen molar-refractivity contribution in [2.75, 3.05) is 19.3 Å². The van der Waals surface area contributed by atoms with E-state index in [1.165, 1.54) is 11.8 Å². The predicted molar refractivity (Wildman–Crippen MR) is 72.0 cm³/mol. The topological polar surface area (TPSA) is 78.6 Å². The largest absolute Gasteiger partial charge is 0.313 e. The minimum absolute atomic E-state index is 0.513. The monoisotopic (exact) mass is 272 g/mol. The van der Waals surface area contributed by atoms with Crippen molar-refractivity contribution >= 4 is 11.8 Å². The number of benzene rings is 1. The van der Waals surface area contributed by atoms with E-state index in [4.69, 9.17) is 5.26 Å². The maximum atomic E-state index is 8.61. The fourth-order valence-electron chi connectivity index (χ4n) is 1.30. The quantitative estimate of drug-likeness (QED) is 0.463. The first-order chi connectivity index (χ1) is 9.29. The molecule has 0 saturated heterocycles. The third kappa shape index (κ3) is 3.89. The van der Waals surface area contributed by atoms with Gasteiger partial charge in [-0.05, 0) is 0 Å². The molecule has 0 aliphatic heterocycles. The molecule has 0 fully saturated rings. The van der Waals surface area contributed by atoms with E-state index >= 15 is 0 Å². The van der Waals surface area contributed by atoms with E-state index in [1.54, 1.807) is 11.9 Å². The second-order valence-corrected chi connectivity index (χ2v) is 4.80. The summed E-state index contributed by atoms with van der Waals surface area (Å²) in [7, 11) is 1.73. The number of hydrogen-bond donors (Lipinski definition) is 0. The standard InChI is InChI=1S/C12H12N6S/c1-18(9-13)7-8-19-12-16-14-11(15-17-12)10-5-3-2-4-6-10/h2-6H,7-8H2,1H3. The van der Waals surface area contributed by atoms with E-state index in [2.05, 4.69) is 20.4 Å². The van der Waals surface area contributed by atoms with Crippen molar-refractivity contribution < 1.29 is 0 Å². The molecule has 2 aromatic rings. The maximum absolute atomic E-state index is 8.61. The highest BCUT2D eigenvalue weighted by atomic mass is 32.2. The Kier molecular flexibility index (Phi) is 4.64. The van der Waals surface area contributed by atoms with Gasteiger partial charge in [0.25, 0.3) is 0 Å². The van der Waals surface area contributed by atoms with Crippen LogP contribution in [-0.2, 0) is 0 Å². The molecular formula is C12H12N6S. The minimum Gasteiger partial charge on any atom is -0.313 e. The van der Waals surface area contributed by atoms with E-state index in [9.17, 15) is 0 Å². The second kappa shape index (κ2) is 6.66. The Morgan fingerprint density at radius 2 is 1.84 bits per heavy atom. The van der Waals surface area contributed by atoms with Crippen LogP contribution in [0.2, 0.25) is 0 Å². The number of thioether (sulfide) groups is 1.